The summed E-state index contributed by atoms with van der Waals surface area (Å²) in [6.45, 7) is 0. The summed E-state index contributed by atoms with van der Waals surface area (Å²) in [4.78, 5) is 22.3. The maximum absolute atomic E-state index is 11.9. The lowest BCUT2D eigenvalue weighted by atomic mass is 10.1. The van der Waals surface area contributed by atoms with Gasteiger partial charge in [0.25, 0.3) is 5.69 Å². The number of nitrogens with zero attached hydrogens (tertiary/aromatic N) is 1. The van der Waals surface area contributed by atoms with E-state index in [1.54, 1.807) is 42.5 Å². The summed E-state index contributed by atoms with van der Waals surface area (Å²) in [6, 6.07) is 12.9. The number of rotatable bonds is 4. The van der Waals surface area contributed by atoms with E-state index in [1.165, 1.54) is 6.07 Å². The van der Waals surface area contributed by atoms with Crippen LogP contribution in [-0.4, -0.2) is 10.8 Å². The second-order valence-corrected chi connectivity index (χ2v) is 4.56. The molecule has 0 aromatic heterocycles. The number of nitro groups is 1. The lowest BCUT2D eigenvalue weighted by molar-refractivity contribution is -0.385. The summed E-state index contributed by atoms with van der Waals surface area (Å²) in [5, 5.41) is 14.0. The van der Waals surface area contributed by atoms with Gasteiger partial charge in [0.1, 0.15) is 0 Å². The number of carbonyl (C=O) groups excluding carboxylic acids is 1. The van der Waals surface area contributed by atoms with Gasteiger partial charge >= 0.3 is 0 Å². The van der Waals surface area contributed by atoms with E-state index < -0.39 is 4.92 Å². The van der Waals surface area contributed by atoms with Gasteiger partial charge in [-0.3, -0.25) is 14.9 Å². The molecule has 0 saturated heterocycles. The zero-order chi connectivity index (χ0) is 14.5. The first kappa shape index (κ1) is 14.0. The maximum atomic E-state index is 11.9. The number of halogens is 1. The number of nitrogens with one attached hydrogen (secondary N) is 1. The largest absolute Gasteiger partial charge is 0.326 e. The highest BCUT2D eigenvalue weighted by Crippen LogP contribution is 2.19. The second-order valence-electron chi connectivity index (χ2n) is 4.12. The van der Waals surface area contributed by atoms with Gasteiger partial charge < -0.3 is 5.32 Å². The molecule has 0 saturated carbocycles. The van der Waals surface area contributed by atoms with Crippen LogP contribution >= 0.6 is 11.6 Å². The number of benzene rings is 2. The Hall–Kier alpha value is -2.40. The zero-order valence-electron chi connectivity index (χ0n) is 10.4. The highest BCUT2D eigenvalue weighted by atomic mass is 35.5. The van der Waals surface area contributed by atoms with E-state index in [9.17, 15) is 14.9 Å². The summed E-state index contributed by atoms with van der Waals surface area (Å²) in [6.07, 6.45) is -0.0658. The normalized spacial score (nSPS) is 10.1. The van der Waals surface area contributed by atoms with Gasteiger partial charge in [-0.25, -0.2) is 0 Å². The molecule has 0 radical (unpaired) electrons. The number of nitro benzene ring substituents is 1. The van der Waals surface area contributed by atoms with Crippen molar-refractivity contribution in [3.63, 3.8) is 0 Å². The molecule has 2 rings (SSSR count). The fraction of sp³-hybridized carbons (Fsp3) is 0.0714. The van der Waals surface area contributed by atoms with Crippen molar-refractivity contribution < 1.29 is 9.72 Å². The summed E-state index contributed by atoms with van der Waals surface area (Å²) in [7, 11) is 0. The third-order valence-electron chi connectivity index (χ3n) is 2.65. The molecule has 5 nitrogen and oxygen atoms in total. The first-order chi connectivity index (χ1) is 9.56. The number of hydrogen-bond acceptors (Lipinski definition) is 3. The summed E-state index contributed by atoms with van der Waals surface area (Å²) < 4.78 is 0. The van der Waals surface area contributed by atoms with Crippen LogP contribution in [0.2, 0.25) is 5.02 Å². The molecule has 20 heavy (non-hydrogen) atoms. The Morgan fingerprint density at radius 3 is 2.65 bits per heavy atom. The van der Waals surface area contributed by atoms with E-state index in [4.69, 9.17) is 11.6 Å². The van der Waals surface area contributed by atoms with Gasteiger partial charge in [-0.05, 0) is 18.2 Å². The van der Waals surface area contributed by atoms with Crippen LogP contribution in [0, 0.1) is 10.1 Å². The minimum Gasteiger partial charge on any atom is -0.326 e. The van der Waals surface area contributed by atoms with Gasteiger partial charge in [-0.15, -0.1) is 0 Å². The summed E-state index contributed by atoms with van der Waals surface area (Å²) in [5.74, 6) is -0.332. The molecule has 0 aliphatic heterocycles. The molecule has 2 aromatic carbocycles. The predicted octanol–water partition coefficient (Wildman–Crippen LogP) is 3.43. The molecule has 102 valence electrons. The molecule has 0 bridgehead atoms. The molecule has 0 aliphatic carbocycles. The van der Waals surface area contributed by atoms with E-state index in [2.05, 4.69) is 5.32 Å². The van der Waals surface area contributed by atoms with Crippen molar-refractivity contribution in [2.75, 3.05) is 5.32 Å². The van der Waals surface area contributed by atoms with Gasteiger partial charge in [0, 0.05) is 22.3 Å². The molecular formula is C14H11ClN2O3. The van der Waals surface area contributed by atoms with Crippen LogP contribution in [0.25, 0.3) is 0 Å². The minimum absolute atomic E-state index is 0.0613. The molecule has 2 aromatic rings. The molecule has 0 spiro atoms. The second kappa shape index (κ2) is 6.16. The number of anilines is 1. The molecule has 0 heterocycles. The van der Waals surface area contributed by atoms with Crippen molar-refractivity contribution >= 4 is 28.9 Å². The van der Waals surface area contributed by atoms with E-state index in [0.717, 1.165) is 0 Å². The van der Waals surface area contributed by atoms with E-state index in [-0.39, 0.29) is 18.0 Å². The number of amides is 1. The molecule has 0 aliphatic rings. The van der Waals surface area contributed by atoms with Gasteiger partial charge in [0.05, 0.1) is 11.3 Å². The average Bonchev–Trinajstić information content (AvgIpc) is 2.38. The van der Waals surface area contributed by atoms with Crippen LogP contribution in [0.15, 0.2) is 48.5 Å². The zero-order valence-corrected chi connectivity index (χ0v) is 11.1. The van der Waals surface area contributed by atoms with Crippen LogP contribution < -0.4 is 5.32 Å². The molecule has 1 N–H and O–H groups in total. The molecular weight excluding hydrogens is 280 g/mol. The smallest absolute Gasteiger partial charge is 0.273 e. The lowest BCUT2D eigenvalue weighted by Crippen LogP contribution is -2.15. The number of hydrogen-bond donors (Lipinski definition) is 1. The van der Waals surface area contributed by atoms with Crippen LogP contribution in [0.4, 0.5) is 11.4 Å². The standard InChI is InChI=1S/C14H11ClN2O3/c15-11-5-3-6-12(9-11)16-14(18)8-10-4-1-2-7-13(10)17(19)20/h1-7,9H,8H2,(H,16,18). The Balaban J connectivity index is 2.11. The summed E-state index contributed by atoms with van der Waals surface area (Å²) >= 11 is 5.81. The van der Waals surface area contributed by atoms with Gasteiger partial charge in [-0.1, -0.05) is 35.9 Å². The highest BCUT2D eigenvalue weighted by Gasteiger charge is 2.15. The first-order valence-electron chi connectivity index (χ1n) is 5.84. The van der Waals surface area contributed by atoms with E-state index in [0.29, 0.717) is 16.3 Å². The van der Waals surface area contributed by atoms with Crippen LogP contribution in [0.1, 0.15) is 5.56 Å². The minimum atomic E-state index is -0.498. The van der Waals surface area contributed by atoms with Crippen LogP contribution in [-0.2, 0) is 11.2 Å². The first-order valence-corrected chi connectivity index (χ1v) is 6.22. The number of carbonyl (C=O) groups is 1. The Bertz CT molecular complexity index is 658. The SMILES string of the molecule is O=C(Cc1ccccc1[N+](=O)[O-])Nc1cccc(Cl)c1. The van der Waals surface area contributed by atoms with E-state index >= 15 is 0 Å². The average molecular weight is 291 g/mol. The lowest BCUT2D eigenvalue weighted by Gasteiger charge is -2.06. The number of para-hydroxylation sites is 1. The fourth-order valence-electron chi connectivity index (χ4n) is 1.78. The van der Waals surface area contributed by atoms with Gasteiger partial charge in [0.15, 0.2) is 0 Å². The van der Waals surface area contributed by atoms with Gasteiger partial charge in [0.2, 0.25) is 5.91 Å². The van der Waals surface area contributed by atoms with Crippen LogP contribution in [0.5, 0.6) is 0 Å². The Morgan fingerprint density at radius 1 is 1.20 bits per heavy atom. The van der Waals surface area contributed by atoms with Crippen molar-refractivity contribution in [1.29, 1.82) is 0 Å². The Kier molecular flexibility index (Phi) is 4.32. The van der Waals surface area contributed by atoms with Crippen molar-refractivity contribution in [3.8, 4) is 0 Å². The topological polar surface area (TPSA) is 72.2 Å². The molecule has 0 atom stereocenters. The maximum Gasteiger partial charge on any atom is 0.273 e. The Labute approximate surface area is 120 Å². The van der Waals surface area contributed by atoms with Crippen molar-refractivity contribution in [2.45, 2.75) is 6.42 Å². The molecule has 0 fully saturated rings. The third-order valence-corrected chi connectivity index (χ3v) is 2.88. The van der Waals surface area contributed by atoms with Crippen LogP contribution in [0.3, 0.4) is 0 Å². The van der Waals surface area contributed by atoms with Crippen molar-refractivity contribution in [3.05, 3.63) is 69.2 Å². The molecule has 6 heteroatoms. The Morgan fingerprint density at radius 2 is 1.95 bits per heavy atom. The third kappa shape index (κ3) is 3.55. The predicted molar refractivity (Wildman–Crippen MR) is 76.9 cm³/mol. The van der Waals surface area contributed by atoms with Crippen molar-refractivity contribution in [2.24, 2.45) is 0 Å². The van der Waals surface area contributed by atoms with E-state index in [1.807, 2.05) is 0 Å². The van der Waals surface area contributed by atoms with Gasteiger partial charge in [-0.2, -0.15) is 0 Å². The summed E-state index contributed by atoms with van der Waals surface area (Å²) in [5.41, 5.74) is 0.867. The monoisotopic (exact) mass is 290 g/mol. The molecule has 1 amide bonds. The fourth-order valence-corrected chi connectivity index (χ4v) is 1.97. The quantitative estimate of drug-likeness (QED) is 0.692. The molecule has 0 unspecified atom stereocenters. The highest BCUT2D eigenvalue weighted by molar-refractivity contribution is 6.30. The van der Waals surface area contributed by atoms with Crippen molar-refractivity contribution in [1.82, 2.24) is 0 Å².